The Morgan fingerprint density at radius 1 is 1.33 bits per heavy atom. The van der Waals surface area contributed by atoms with E-state index in [9.17, 15) is 9.59 Å². The van der Waals surface area contributed by atoms with E-state index in [1.54, 1.807) is 13.2 Å². The summed E-state index contributed by atoms with van der Waals surface area (Å²) in [4.78, 5) is 25.7. The number of halogens is 1. The summed E-state index contributed by atoms with van der Waals surface area (Å²) in [5, 5.41) is 9.41. The van der Waals surface area contributed by atoms with Crippen molar-refractivity contribution in [2.24, 2.45) is 5.92 Å². The van der Waals surface area contributed by atoms with Crippen LogP contribution in [0.1, 0.15) is 37.0 Å². The smallest absolute Gasteiger partial charge is 0.305 e. The molecule has 150 valence electrons. The maximum Gasteiger partial charge on any atom is 0.305 e. The molecule has 0 radical (unpaired) electrons. The van der Waals surface area contributed by atoms with Crippen LogP contribution < -0.4 is 9.47 Å². The van der Waals surface area contributed by atoms with Gasteiger partial charge in [-0.05, 0) is 24.5 Å². The molecule has 1 aromatic rings. The molecule has 0 aromatic heterocycles. The van der Waals surface area contributed by atoms with Gasteiger partial charge in [-0.25, -0.2) is 0 Å². The van der Waals surface area contributed by atoms with Gasteiger partial charge in [0.1, 0.15) is 0 Å². The van der Waals surface area contributed by atoms with Crippen molar-refractivity contribution in [3.63, 3.8) is 0 Å². The molecule has 7 nitrogen and oxygen atoms in total. The Balaban J connectivity index is 2.29. The number of carbonyl (C=O) groups excluding carboxylic acids is 1. The normalized spacial score (nSPS) is 19.4. The molecular weight excluding hydrogens is 374 g/mol. The molecule has 2 unspecified atom stereocenters. The lowest BCUT2D eigenvalue weighted by Gasteiger charge is -2.24. The van der Waals surface area contributed by atoms with Gasteiger partial charge in [0.25, 0.3) is 5.91 Å². The highest BCUT2D eigenvalue weighted by atomic mass is 35.5. The van der Waals surface area contributed by atoms with Crippen LogP contribution in [0.2, 0.25) is 5.02 Å². The number of carboxylic acid groups (broad SMARTS) is 1. The topological polar surface area (TPSA) is 85.3 Å². The molecule has 27 heavy (non-hydrogen) atoms. The van der Waals surface area contributed by atoms with Crippen LogP contribution in [0.25, 0.3) is 0 Å². The van der Waals surface area contributed by atoms with Crippen molar-refractivity contribution < 1.29 is 28.9 Å². The first kappa shape index (κ1) is 21.3. The van der Waals surface area contributed by atoms with Crippen LogP contribution in [0.5, 0.6) is 11.5 Å². The lowest BCUT2D eigenvalue weighted by molar-refractivity contribution is -0.138. The molecule has 1 fully saturated rings. The van der Waals surface area contributed by atoms with Crippen LogP contribution in [0.15, 0.2) is 12.1 Å². The average molecular weight is 400 g/mol. The quantitative estimate of drug-likeness (QED) is 0.723. The second-order valence-electron chi connectivity index (χ2n) is 7.00. The van der Waals surface area contributed by atoms with Gasteiger partial charge >= 0.3 is 5.97 Å². The molecule has 1 amide bonds. The molecule has 1 aliphatic rings. The molecule has 2 rings (SSSR count). The van der Waals surface area contributed by atoms with E-state index in [4.69, 9.17) is 30.9 Å². The predicted octanol–water partition coefficient (Wildman–Crippen LogP) is 3.09. The van der Waals surface area contributed by atoms with E-state index in [-0.39, 0.29) is 23.5 Å². The summed E-state index contributed by atoms with van der Waals surface area (Å²) in [5.41, 5.74) is 0.320. The van der Waals surface area contributed by atoms with Gasteiger partial charge in [0.2, 0.25) is 0 Å². The summed E-state index contributed by atoms with van der Waals surface area (Å²) in [6.45, 7) is 4.82. The van der Waals surface area contributed by atoms with Crippen LogP contribution in [0, 0.1) is 5.92 Å². The van der Waals surface area contributed by atoms with Gasteiger partial charge in [-0.3, -0.25) is 9.59 Å². The van der Waals surface area contributed by atoms with Crippen molar-refractivity contribution in [1.29, 1.82) is 0 Å². The fraction of sp³-hybridized carbons (Fsp3) is 0.579. The monoisotopic (exact) mass is 399 g/mol. The van der Waals surface area contributed by atoms with E-state index in [2.05, 4.69) is 0 Å². The Bertz CT molecular complexity index is 693. The van der Waals surface area contributed by atoms with E-state index < -0.39 is 12.0 Å². The van der Waals surface area contributed by atoms with Crippen LogP contribution in [-0.4, -0.2) is 61.4 Å². The second-order valence-corrected chi connectivity index (χ2v) is 7.40. The molecule has 1 heterocycles. The van der Waals surface area contributed by atoms with Crippen molar-refractivity contribution in [2.45, 2.75) is 38.8 Å². The number of rotatable bonds is 8. The van der Waals surface area contributed by atoms with Crippen LogP contribution >= 0.6 is 11.6 Å². The number of benzene rings is 1. The fourth-order valence-electron chi connectivity index (χ4n) is 3.09. The Kier molecular flexibility index (Phi) is 7.33. The third-order valence-corrected chi connectivity index (χ3v) is 4.70. The Labute approximate surface area is 164 Å². The average Bonchev–Trinajstić information content (AvgIpc) is 3.01. The predicted molar refractivity (Wildman–Crippen MR) is 101 cm³/mol. The minimum Gasteiger partial charge on any atom is -0.493 e. The molecule has 0 saturated carbocycles. The molecule has 1 aliphatic heterocycles. The largest absolute Gasteiger partial charge is 0.493 e. The van der Waals surface area contributed by atoms with E-state index in [1.807, 2.05) is 13.8 Å². The highest BCUT2D eigenvalue weighted by Gasteiger charge is 2.37. The summed E-state index contributed by atoms with van der Waals surface area (Å²) in [5.74, 6) is -0.204. The van der Waals surface area contributed by atoms with Crippen molar-refractivity contribution in [3.8, 4) is 11.5 Å². The number of carboxylic acids is 1. The minimum absolute atomic E-state index is 0.133. The number of carbonyl (C=O) groups is 2. The Hall–Kier alpha value is -1.99. The summed E-state index contributed by atoms with van der Waals surface area (Å²) in [6.07, 6.45) is 0.158. The zero-order valence-corrected chi connectivity index (χ0v) is 16.8. The minimum atomic E-state index is -0.956. The van der Waals surface area contributed by atoms with Gasteiger partial charge < -0.3 is 24.2 Å². The van der Waals surface area contributed by atoms with Crippen molar-refractivity contribution in [3.05, 3.63) is 22.7 Å². The summed E-state index contributed by atoms with van der Waals surface area (Å²) in [7, 11) is 3.03. The zero-order chi connectivity index (χ0) is 20.1. The molecule has 0 bridgehead atoms. The van der Waals surface area contributed by atoms with E-state index >= 15 is 0 Å². The summed E-state index contributed by atoms with van der Waals surface area (Å²) < 4.78 is 16.4. The molecule has 0 aliphatic carbocycles. The number of hydrogen-bond donors (Lipinski definition) is 1. The van der Waals surface area contributed by atoms with Gasteiger partial charge in [-0.2, -0.15) is 0 Å². The molecule has 2 atom stereocenters. The van der Waals surface area contributed by atoms with Crippen LogP contribution in [0.3, 0.4) is 0 Å². The van der Waals surface area contributed by atoms with E-state index in [0.717, 1.165) is 0 Å². The van der Waals surface area contributed by atoms with Gasteiger partial charge in [0.05, 0.1) is 31.3 Å². The Morgan fingerprint density at radius 2 is 2.04 bits per heavy atom. The van der Waals surface area contributed by atoms with Crippen LogP contribution in [-0.2, 0) is 9.53 Å². The number of aliphatic carboxylic acids is 1. The Morgan fingerprint density at radius 3 is 2.59 bits per heavy atom. The summed E-state index contributed by atoms with van der Waals surface area (Å²) >= 11 is 6.33. The van der Waals surface area contributed by atoms with Gasteiger partial charge in [-0.1, -0.05) is 25.4 Å². The first-order chi connectivity index (χ1) is 12.8. The third kappa shape index (κ3) is 5.26. The lowest BCUT2D eigenvalue weighted by Crippen LogP contribution is -2.37. The number of amides is 1. The first-order valence-corrected chi connectivity index (χ1v) is 9.20. The van der Waals surface area contributed by atoms with Crippen molar-refractivity contribution >= 4 is 23.5 Å². The van der Waals surface area contributed by atoms with Crippen LogP contribution in [0.4, 0.5) is 0 Å². The van der Waals surface area contributed by atoms with E-state index in [0.29, 0.717) is 42.6 Å². The maximum atomic E-state index is 13.0. The SMILES string of the molecule is COc1cc(C(=O)N2CC(OC)CC2CC(=O)O)cc(Cl)c1OCC(C)C. The number of hydrogen-bond acceptors (Lipinski definition) is 5. The standard InChI is InChI=1S/C19H26ClNO6/c1-11(2)10-27-18-15(20)5-12(6-16(18)26-4)19(24)21-9-14(25-3)7-13(21)8-17(22)23/h5-6,11,13-14H,7-10H2,1-4H3,(H,22,23). The molecule has 1 saturated heterocycles. The number of ether oxygens (including phenoxy) is 3. The first-order valence-electron chi connectivity index (χ1n) is 8.82. The summed E-state index contributed by atoms with van der Waals surface area (Å²) in [6, 6.07) is 2.67. The second kappa shape index (κ2) is 9.28. The van der Waals surface area contributed by atoms with E-state index in [1.165, 1.54) is 18.1 Å². The molecular formula is C19H26ClNO6. The molecule has 1 N–H and O–H groups in total. The highest BCUT2D eigenvalue weighted by molar-refractivity contribution is 6.32. The van der Waals surface area contributed by atoms with Gasteiger partial charge in [0.15, 0.2) is 11.5 Å². The third-order valence-electron chi connectivity index (χ3n) is 4.42. The number of likely N-dealkylation sites (tertiary alicyclic amines) is 1. The number of nitrogens with zero attached hydrogens (tertiary/aromatic N) is 1. The fourth-order valence-corrected chi connectivity index (χ4v) is 3.35. The van der Waals surface area contributed by atoms with Crippen molar-refractivity contribution in [2.75, 3.05) is 27.4 Å². The lowest BCUT2D eigenvalue weighted by atomic mass is 10.1. The maximum absolute atomic E-state index is 13.0. The molecule has 1 aromatic carbocycles. The van der Waals surface area contributed by atoms with Gasteiger partial charge in [0, 0.05) is 25.3 Å². The molecule has 0 spiro atoms. The van der Waals surface area contributed by atoms with Crippen molar-refractivity contribution in [1.82, 2.24) is 4.90 Å². The number of methoxy groups -OCH3 is 2. The zero-order valence-electron chi connectivity index (χ0n) is 16.0. The van der Waals surface area contributed by atoms with Gasteiger partial charge in [-0.15, -0.1) is 0 Å². The highest BCUT2D eigenvalue weighted by Crippen LogP contribution is 2.37. The molecule has 8 heteroatoms.